The van der Waals surface area contributed by atoms with Crippen molar-refractivity contribution < 1.29 is 19.4 Å². The van der Waals surface area contributed by atoms with Crippen molar-refractivity contribution in [3.63, 3.8) is 0 Å². The smallest absolute Gasteiger partial charge is 0.228 e. The highest BCUT2D eigenvalue weighted by atomic mass is 16.5. The van der Waals surface area contributed by atoms with E-state index in [1.807, 2.05) is 13.8 Å². The minimum atomic E-state index is -0.662. The first-order chi connectivity index (χ1) is 8.98. The zero-order valence-corrected chi connectivity index (χ0v) is 10.8. The van der Waals surface area contributed by atoms with Crippen molar-refractivity contribution in [2.45, 2.75) is 20.0 Å². The van der Waals surface area contributed by atoms with Gasteiger partial charge in [-0.2, -0.15) is 0 Å². The lowest BCUT2D eigenvalue weighted by Gasteiger charge is -2.26. The van der Waals surface area contributed by atoms with Gasteiger partial charge in [-0.15, -0.1) is 0 Å². The Morgan fingerprint density at radius 2 is 1.74 bits per heavy atom. The van der Waals surface area contributed by atoms with Gasteiger partial charge in [0, 0.05) is 16.5 Å². The second kappa shape index (κ2) is 3.78. The zero-order valence-electron chi connectivity index (χ0n) is 10.8. The monoisotopic (exact) mass is 258 g/mol. The first-order valence-electron chi connectivity index (χ1n) is 6.19. The molecule has 0 saturated heterocycles. The first kappa shape index (κ1) is 12.1. The molecule has 1 aromatic rings. The Balaban J connectivity index is 2.21. The van der Waals surface area contributed by atoms with Gasteiger partial charge in [-0.05, 0) is 0 Å². The summed E-state index contributed by atoms with van der Waals surface area (Å²) in [5, 5.41) is 9.36. The molecule has 1 heterocycles. The van der Waals surface area contributed by atoms with Gasteiger partial charge in [0.15, 0.2) is 11.5 Å². The van der Waals surface area contributed by atoms with Gasteiger partial charge in [0.25, 0.3) is 0 Å². The van der Waals surface area contributed by atoms with E-state index in [1.54, 1.807) is 24.3 Å². The molecule has 0 fully saturated rings. The van der Waals surface area contributed by atoms with Crippen LogP contribution in [0.15, 0.2) is 35.6 Å². The summed E-state index contributed by atoms with van der Waals surface area (Å²) in [6.07, 6.45) is -0.556. The Bertz CT molecular complexity index is 625. The lowest BCUT2D eigenvalue weighted by molar-refractivity contribution is 0.0240. The minimum Gasteiger partial charge on any atom is -0.483 e. The molecule has 98 valence electrons. The second-order valence-electron chi connectivity index (χ2n) is 5.42. The lowest BCUT2D eigenvalue weighted by atomic mass is 9.74. The van der Waals surface area contributed by atoms with Gasteiger partial charge in [0.2, 0.25) is 5.78 Å². The molecule has 2 aliphatic rings. The molecule has 4 nitrogen and oxygen atoms in total. The quantitative estimate of drug-likeness (QED) is 0.833. The van der Waals surface area contributed by atoms with Crippen LogP contribution in [0.1, 0.15) is 34.6 Å². The number of carbonyl (C=O) groups is 2. The summed E-state index contributed by atoms with van der Waals surface area (Å²) >= 11 is 0. The maximum atomic E-state index is 12.5. The first-order valence-corrected chi connectivity index (χ1v) is 6.19. The summed E-state index contributed by atoms with van der Waals surface area (Å²) < 4.78 is 5.53. The molecule has 1 N–H and O–H groups in total. The van der Waals surface area contributed by atoms with E-state index in [0.29, 0.717) is 16.7 Å². The number of carbonyl (C=O) groups excluding carboxylic acids is 2. The predicted octanol–water partition coefficient (Wildman–Crippen LogP) is 1.74. The molecule has 1 aromatic carbocycles. The van der Waals surface area contributed by atoms with E-state index >= 15 is 0 Å². The number of Topliss-reactive ketones (excluding diaryl/α,β-unsaturated/α-hetero) is 2. The van der Waals surface area contributed by atoms with E-state index in [1.165, 1.54) is 0 Å². The van der Waals surface area contributed by atoms with Crippen molar-refractivity contribution in [2.24, 2.45) is 5.41 Å². The Kier molecular flexibility index (Phi) is 2.41. The van der Waals surface area contributed by atoms with Crippen LogP contribution in [0.3, 0.4) is 0 Å². The van der Waals surface area contributed by atoms with Gasteiger partial charge >= 0.3 is 0 Å². The maximum Gasteiger partial charge on any atom is 0.228 e. The number of benzene rings is 1. The molecular formula is C15H14O4. The fourth-order valence-corrected chi connectivity index (χ4v) is 2.77. The SMILES string of the molecule is CC1(C)C2=C(OC1CO)C(=O)c1ccccc1C2=O. The lowest BCUT2D eigenvalue weighted by Crippen LogP contribution is -2.33. The molecule has 0 aromatic heterocycles. The average molecular weight is 258 g/mol. The van der Waals surface area contributed by atoms with E-state index in [2.05, 4.69) is 0 Å². The number of allylic oxidation sites excluding steroid dienone is 1. The molecule has 0 saturated carbocycles. The summed E-state index contributed by atoms with van der Waals surface area (Å²) in [4.78, 5) is 24.9. The zero-order chi connectivity index (χ0) is 13.8. The third-order valence-electron chi connectivity index (χ3n) is 3.95. The van der Waals surface area contributed by atoms with Crippen molar-refractivity contribution in [1.82, 2.24) is 0 Å². The summed E-state index contributed by atoms with van der Waals surface area (Å²) in [5.41, 5.74) is 0.516. The number of hydrogen-bond donors (Lipinski definition) is 1. The minimum absolute atomic E-state index is 0.104. The Morgan fingerprint density at radius 3 is 2.32 bits per heavy atom. The van der Waals surface area contributed by atoms with Crippen molar-refractivity contribution in [3.8, 4) is 0 Å². The highest BCUT2D eigenvalue weighted by Gasteiger charge is 2.51. The summed E-state index contributed by atoms with van der Waals surface area (Å²) in [6.45, 7) is 3.40. The summed E-state index contributed by atoms with van der Waals surface area (Å²) in [7, 11) is 0. The van der Waals surface area contributed by atoms with Crippen LogP contribution in [0.2, 0.25) is 0 Å². The molecule has 1 aliphatic heterocycles. The molecule has 4 heteroatoms. The van der Waals surface area contributed by atoms with Crippen LogP contribution in [0.4, 0.5) is 0 Å². The predicted molar refractivity (Wildman–Crippen MR) is 67.9 cm³/mol. The Hall–Kier alpha value is -1.94. The van der Waals surface area contributed by atoms with Crippen LogP contribution in [-0.2, 0) is 4.74 Å². The van der Waals surface area contributed by atoms with Crippen LogP contribution >= 0.6 is 0 Å². The van der Waals surface area contributed by atoms with Crippen LogP contribution < -0.4 is 0 Å². The Labute approximate surface area is 110 Å². The molecule has 1 unspecified atom stereocenters. The van der Waals surface area contributed by atoms with Crippen molar-refractivity contribution in [2.75, 3.05) is 6.61 Å². The third-order valence-corrected chi connectivity index (χ3v) is 3.95. The fraction of sp³-hybridized carbons (Fsp3) is 0.333. The number of ether oxygens (including phenoxy) is 1. The molecule has 3 rings (SSSR count). The van der Waals surface area contributed by atoms with E-state index in [-0.39, 0.29) is 23.9 Å². The molecule has 0 amide bonds. The molecular weight excluding hydrogens is 244 g/mol. The fourth-order valence-electron chi connectivity index (χ4n) is 2.77. The van der Waals surface area contributed by atoms with Crippen LogP contribution in [0.5, 0.6) is 0 Å². The summed E-state index contributed by atoms with van der Waals surface area (Å²) in [5.74, 6) is -0.340. The van der Waals surface area contributed by atoms with Crippen molar-refractivity contribution in [1.29, 1.82) is 0 Å². The number of hydrogen-bond acceptors (Lipinski definition) is 4. The summed E-state index contributed by atoms with van der Waals surface area (Å²) in [6, 6.07) is 6.74. The number of ketones is 2. The van der Waals surface area contributed by atoms with Crippen molar-refractivity contribution >= 4 is 11.6 Å². The van der Waals surface area contributed by atoms with Gasteiger partial charge in [-0.25, -0.2) is 0 Å². The Morgan fingerprint density at radius 1 is 1.16 bits per heavy atom. The molecule has 0 bridgehead atoms. The topological polar surface area (TPSA) is 63.6 Å². The number of aliphatic hydroxyl groups is 1. The normalized spacial score (nSPS) is 24.1. The highest BCUT2D eigenvalue weighted by molar-refractivity contribution is 6.27. The van der Waals surface area contributed by atoms with Crippen LogP contribution in [-0.4, -0.2) is 29.4 Å². The average Bonchev–Trinajstić information content (AvgIpc) is 2.67. The highest BCUT2D eigenvalue weighted by Crippen LogP contribution is 2.46. The van der Waals surface area contributed by atoms with E-state index < -0.39 is 11.5 Å². The third kappa shape index (κ3) is 1.43. The number of fused-ring (bicyclic) bond motifs is 1. The number of aliphatic hydroxyl groups excluding tert-OH is 1. The second-order valence-corrected chi connectivity index (χ2v) is 5.42. The van der Waals surface area contributed by atoms with Crippen LogP contribution in [0, 0.1) is 5.41 Å². The number of rotatable bonds is 1. The molecule has 0 spiro atoms. The standard InChI is InChI=1S/C15H14O4/c1-15(2)10(7-16)19-14-11(15)12(17)8-5-3-4-6-9(8)13(14)18/h3-6,10,16H,7H2,1-2H3. The molecule has 1 atom stereocenters. The van der Waals surface area contributed by atoms with E-state index in [9.17, 15) is 14.7 Å². The van der Waals surface area contributed by atoms with E-state index in [4.69, 9.17) is 4.74 Å². The van der Waals surface area contributed by atoms with Gasteiger partial charge in [0.1, 0.15) is 6.10 Å². The van der Waals surface area contributed by atoms with Gasteiger partial charge in [0.05, 0.1) is 12.2 Å². The molecule has 19 heavy (non-hydrogen) atoms. The van der Waals surface area contributed by atoms with Gasteiger partial charge < -0.3 is 9.84 Å². The van der Waals surface area contributed by atoms with Gasteiger partial charge in [-0.3, -0.25) is 9.59 Å². The van der Waals surface area contributed by atoms with E-state index in [0.717, 1.165) is 0 Å². The van der Waals surface area contributed by atoms with Crippen molar-refractivity contribution in [3.05, 3.63) is 46.7 Å². The molecule has 1 aliphatic carbocycles. The largest absolute Gasteiger partial charge is 0.483 e. The van der Waals surface area contributed by atoms with Crippen LogP contribution in [0.25, 0.3) is 0 Å². The maximum absolute atomic E-state index is 12.5. The van der Waals surface area contributed by atoms with Gasteiger partial charge in [-0.1, -0.05) is 38.1 Å². The molecule has 0 radical (unpaired) electrons.